The lowest BCUT2D eigenvalue weighted by Crippen LogP contribution is -2.38. The summed E-state index contributed by atoms with van der Waals surface area (Å²) in [7, 11) is -3.48. The van der Waals surface area contributed by atoms with E-state index in [2.05, 4.69) is 49.3 Å². The molecule has 8 heteroatoms. The number of piperidine rings is 1. The molecule has 1 N–H and O–H groups in total. The first-order chi connectivity index (χ1) is 16.6. The van der Waals surface area contributed by atoms with Gasteiger partial charge in [-0.15, -0.1) is 0 Å². The first-order valence-electron chi connectivity index (χ1n) is 11.9. The molecule has 2 aliphatic rings. The van der Waals surface area contributed by atoms with Gasteiger partial charge in [-0.25, -0.2) is 18.1 Å². The van der Waals surface area contributed by atoms with Crippen LogP contribution >= 0.6 is 11.8 Å². The van der Waals surface area contributed by atoms with Crippen LogP contribution in [-0.4, -0.2) is 48.9 Å². The quantitative estimate of drug-likeness (QED) is 0.472. The van der Waals surface area contributed by atoms with E-state index in [4.69, 9.17) is 0 Å². The Morgan fingerprint density at radius 1 is 1.09 bits per heavy atom. The van der Waals surface area contributed by atoms with Gasteiger partial charge in [0.15, 0.2) is 0 Å². The van der Waals surface area contributed by atoms with E-state index in [0.29, 0.717) is 12.5 Å². The minimum absolute atomic E-state index is 0.392. The molecule has 2 aromatic heterocycles. The van der Waals surface area contributed by atoms with Gasteiger partial charge < -0.3 is 4.90 Å². The highest BCUT2D eigenvalue weighted by Crippen LogP contribution is 2.35. The topological polar surface area (TPSA) is 66.7 Å². The zero-order valence-electron chi connectivity index (χ0n) is 19.1. The van der Waals surface area contributed by atoms with Gasteiger partial charge >= 0.3 is 0 Å². The lowest BCUT2D eigenvalue weighted by atomic mass is 9.97. The second-order valence-electron chi connectivity index (χ2n) is 8.96. The molecule has 0 amide bonds. The van der Waals surface area contributed by atoms with Gasteiger partial charge in [-0.3, -0.25) is 4.40 Å². The van der Waals surface area contributed by atoms with Gasteiger partial charge in [-0.1, -0.05) is 48.2 Å². The fourth-order valence-electron chi connectivity index (χ4n) is 4.59. The van der Waals surface area contributed by atoms with E-state index in [-0.39, 0.29) is 0 Å². The maximum absolute atomic E-state index is 12.6. The number of benzene rings is 1. The third-order valence-electron chi connectivity index (χ3n) is 6.51. The number of allylic oxidation sites excluding steroid dienone is 1. The lowest BCUT2D eigenvalue weighted by molar-refractivity contribution is 0.184. The summed E-state index contributed by atoms with van der Waals surface area (Å²) in [6.07, 6.45) is 9.80. The van der Waals surface area contributed by atoms with Crippen LogP contribution in [0.25, 0.3) is 11.7 Å². The van der Waals surface area contributed by atoms with Gasteiger partial charge in [-0.05, 0) is 81.1 Å². The number of aromatic nitrogens is 2. The number of nitrogens with one attached hydrogen (secondary N) is 1. The maximum Gasteiger partial charge on any atom is 0.233 e. The SMILES string of the molecule is O=S(=O)(/C=C/C1=Cc2cnc3cccc(n23)S1)NCC1CCN(CCCc2ccccc2)CC1. The molecule has 34 heavy (non-hydrogen) atoms. The Balaban J connectivity index is 1.06. The van der Waals surface area contributed by atoms with E-state index in [1.165, 1.54) is 11.0 Å². The average Bonchev–Trinajstić information content (AvgIpc) is 3.28. The van der Waals surface area contributed by atoms with E-state index < -0.39 is 10.0 Å². The molecule has 1 saturated heterocycles. The number of sulfonamides is 1. The molecule has 5 rings (SSSR count). The number of hydrogen-bond acceptors (Lipinski definition) is 5. The number of imidazole rings is 1. The predicted molar refractivity (Wildman–Crippen MR) is 139 cm³/mol. The fraction of sp³-hybridized carbons (Fsp3) is 0.346. The van der Waals surface area contributed by atoms with Crippen molar-refractivity contribution in [3.05, 3.63) is 82.4 Å². The van der Waals surface area contributed by atoms with Crippen molar-refractivity contribution in [3.63, 3.8) is 0 Å². The number of hydrogen-bond donors (Lipinski definition) is 1. The van der Waals surface area contributed by atoms with Crippen LogP contribution in [0.4, 0.5) is 0 Å². The normalized spacial score (nSPS) is 17.5. The number of likely N-dealkylation sites (tertiary alicyclic amines) is 1. The summed E-state index contributed by atoms with van der Waals surface area (Å²) in [4.78, 5) is 7.79. The molecule has 1 aromatic carbocycles. The average molecular weight is 495 g/mol. The molecule has 0 atom stereocenters. The largest absolute Gasteiger partial charge is 0.303 e. The Bertz CT molecular complexity index is 1290. The molecule has 0 unspecified atom stereocenters. The summed E-state index contributed by atoms with van der Waals surface area (Å²) in [6, 6.07) is 16.6. The lowest BCUT2D eigenvalue weighted by Gasteiger charge is -2.31. The van der Waals surface area contributed by atoms with Crippen molar-refractivity contribution >= 4 is 33.5 Å². The van der Waals surface area contributed by atoms with Gasteiger partial charge in [0.25, 0.3) is 0 Å². The summed E-state index contributed by atoms with van der Waals surface area (Å²) in [5.41, 5.74) is 3.26. The Morgan fingerprint density at radius 2 is 1.91 bits per heavy atom. The van der Waals surface area contributed by atoms with E-state index >= 15 is 0 Å². The van der Waals surface area contributed by atoms with Gasteiger partial charge in [0.2, 0.25) is 10.0 Å². The first kappa shape index (κ1) is 23.4. The fourth-order valence-corrected chi connectivity index (χ4v) is 6.56. The van der Waals surface area contributed by atoms with Crippen LogP contribution in [0.2, 0.25) is 0 Å². The van der Waals surface area contributed by atoms with Crippen LogP contribution in [0.15, 0.2) is 76.1 Å². The van der Waals surface area contributed by atoms with Crippen molar-refractivity contribution in [2.75, 3.05) is 26.2 Å². The second kappa shape index (κ2) is 10.5. The smallest absolute Gasteiger partial charge is 0.233 e. The first-order valence-corrected chi connectivity index (χ1v) is 14.2. The highest BCUT2D eigenvalue weighted by molar-refractivity contribution is 8.03. The molecule has 0 radical (unpaired) electrons. The van der Waals surface area contributed by atoms with E-state index in [9.17, 15) is 8.42 Å². The molecule has 3 aromatic rings. The van der Waals surface area contributed by atoms with Crippen molar-refractivity contribution < 1.29 is 8.42 Å². The summed E-state index contributed by atoms with van der Waals surface area (Å²) in [5, 5.41) is 2.32. The van der Waals surface area contributed by atoms with Crippen LogP contribution < -0.4 is 4.72 Å². The Hall–Kier alpha value is -2.39. The number of nitrogens with zero attached hydrogens (tertiary/aromatic N) is 3. The third kappa shape index (κ3) is 5.81. The maximum atomic E-state index is 12.6. The molecule has 0 spiro atoms. The van der Waals surface area contributed by atoms with Crippen molar-refractivity contribution in [2.45, 2.75) is 30.7 Å². The van der Waals surface area contributed by atoms with Crippen LogP contribution in [-0.2, 0) is 16.4 Å². The zero-order valence-corrected chi connectivity index (χ0v) is 20.8. The molecule has 0 bridgehead atoms. The minimum Gasteiger partial charge on any atom is -0.303 e. The van der Waals surface area contributed by atoms with Gasteiger partial charge in [0.1, 0.15) is 5.65 Å². The van der Waals surface area contributed by atoms with Crippen molar-refractivity contribution in [1.29, 1.82) is 0 Å². The molecule has 2 aliphatic heterocycles. The molecule has 0 saturated carbocycles. The number of thioether (sulfide) groups is 1. The van der Waals surface area contributed by atoms with Crippen LogP contribution in [0, 0.1) is 5.92 Å². The van der Waals surface area contributed by atoms with Crippen molar-refractivity contribution in [1.82, 2.24) is 19.0 Å². The Kier molecular flexibility index (Phi) is 7.20. The molecule has 1 fully saturated rings. The number of aryl methyl sites for hydroxylation is 1. The molecule has 4 heterocycles. The summed E-state index contributed by atoms with van der Waals surface area (Å²) in [6.45, 7) is 3.69. The summed E-state index contributed by atoms with van der Waals surface area (Å²) >= 11 is 1.55. The molecule has 0 aliphatic carbocycles. The van der Waals surface area contributed by atoms with Crippen molar-refractivity contribution in [2.24, 2.45) is 5.92 Å². The molecular weight excluding hydrogens is 464 g/mol. The Labute approximate surface area is 205 Å². The Morgan fingerprint density at radius 3 is 2.74 bits per heavy atom. The van der Waals surface area contributed by atoms with Gasteiger partial charge in [0, 0.05) is 16.9 Å². The standard InChI is InChI=1S/C26H30N4O2S2/c31-34(32,17-13-24-18-23-20-27-25-9-4-10-26(33-24)30(23)25)28-19-22-11-15-29(16-12-22)14-5-8-21-6-2-1-3-7-21/h1-4,6-7,9-10,13,17-18,20,22,28H,5,8,11-12,14-16,19H2/b17-13+. The van der Waals surface area contributed by atoms with Gasteiger partial charge in [0.05, 0.1) is 16.9 Å². The van der Waals surface area contributed by atoms with E-state index in [1.54, 1.807) is 17.8 Å². The molecule has 178 valence electrons. The predicted octanol–water partition coefficient (Wildman–Crippen LogP) is 4.56. The zero-order chi connectivity index (χ0) is 23.4. The van der Waals surface area contributed by atoms with E-state index in [0.717, 1.165) is 66.6 Å². The number of rotatable bonds is 9. The highest BCUT2D eigenvalue weighted by atomic mass is 32.2. The van der Waals surface area contributed by atoms with Crippen LogP contribution in [0.1, 0.15) is 30.5 Å². The molecule has 6 nitrogen and oxygen atoms in total. The summed E-state index contributed by atoms with van der Waals surface area (Å²) in [5.74, 6) is 0.392. The third-order valence-corrected chi connectivity index (χ3v) is 8.59. The summed E-state index contributed by atoms with van der Waals surface area (Å²) < 4.78 is 30.0. The monoisotopic (exact) mass is 494 g/mol. The van der Waals surface area contributed by atoms with E-state index in [1.807, 2.05) is 30.5 Å². The van der Waals surface area contributed by atoms with Gasteiger partial charge in [-0.2, -0.15) is 0 Å². The minimum atomic E-state index is -3.48. The van der Waals surface area contributed by atoms with Crippen LogP contribution in [0.3, 0.4) is 0 Å². The second-order valence-corrected chi connectivity index (χ2v) is 11.7. The molecular formula is C26H30N4O2S2. The van der Waals surface area contributed by atoms with Crippen LogP contribution in [0.5, 0.6) is 0 Å². The number of pyridine rings is 1. The highest BCUT2D eigenvalue weighted by Gasteiger charge is 2.20. The van der Waals surface area contributed by atoms with Crippen molar-refractivity contribution in [3.8, 4) is 0 Å².